The molecule has 1 heterocycles. The second-order valence-electron chi connectivity index (χ2n) is 3.92. The first-order chi connectivity index (χ1) is 7.98. The molecule has 0 aliphatic rings. The van der Waals surface area contributed by atoms with Crippen LogP contribution in [0.1, 0.15) is 6.92 Å². The number of hydrogen-bond acceptors (Lipinski definition) is 6. The van der Waals surface area contributed by atoms with Crippen molar-refractivity contribution < 1.29 is 5.11 Å². The van der Waals surface area contributed by atoms with E-state index in [1.54, 1.807) is 25.7 Å². The standard InChI is InChI=1S/C10H17ClN4OS/c1-10(16,6-17-3)5-14-8-7(11)4-13-9(12-2)15-8/h4,16H,5-6H2,1-3H3,(H2,12,13,14,15). The maximum absolute atomic E-state index is 10.0. The van der Waals surface area contributed by atoms with Gasteiger partial charge in [-0.1, -0.05) is 11.6 Å². The van der Waals surface area contributed by atoms with Crippen LogP contribution in [-0.2, 0) is 0 Å². The largest absolute Gasteiger partial charge is 0.387 e. The predicted octanol–water partition coefficient (Wildman–Crippen LogP) is 1.70. The lowest BCUT2D eigenvalue weighted by Crippen LogP contribution is -2.36. The summed E-state index contributed by atoms with van der Waals surface area (Å²) in [5.41, 5.74) is -0.798. The fourth-order valence-corrected chi connectivity index (χ4v) is 2.13. The molecular formula is C10H17ClN4OS. The van der Waals surface area contributed by atoms with E-state index in [2.05, 4.69) is 20.6 Å². The Morgan fingerprint density at radius 1 is 1.59 bits per heavy atom. The van der Waals surface area contributed by atoms with Gasteiger partial charge in [-0.2, -0.15) is 16.7 Å². The quantitative estimate of drug-likeness (QED) is 0.735. The Bertz CT molecular complexity index is 375. The molecule has 0 aliphatic carbocycles. The minimum absolute atomic E-state index is 0.383. The molecule has 0 spiro atoms. The molecule has 5 nitrogen and oxygen atoms in total. The molecule has 96 valence electrons. The van der Waals surface area contributed by atoms with Crippen molar-refractivity contribution in [3.05, 3.63) is 11.2 Å². The maximum atomic E-state index is 10.0. The first-order valence-corrected chi connectivity index (χ1v) is 6.91. The number of rotatable bonds is 6. The summed E-state index contributed by atoms with van der Waals surface area (Å²) < 4.78 is 0. The van der Waals surface area contributed by atoms with Gasteiger partial charge in [0.05, 0.1) is 11.8 Å². The van der Waals surface area contributed by atoms with Gasteiger partial charge < -0.3 is 15.7 Å². The average Bonchev–Trinajstić information content (AvgIpc) is 2.28. The molecule has 1 aromatic heterocycles. The Morgan fingerprint density at radius 2 is 2.29 bits per heavy atom. The van der Waals surface area contributed by atoms with Gasteiger partial charge in [-0.05, 0) is 13.2 Å². The number of nitrogens with zero attached hydrogens (tertiary/aromatic N) is 2. The Hall–Kier alpha value is -0.720. The lowest BCUT2D eigenvalue weighted by atomic mass is 10.1. The minimum atomic E-state index is -0.798. The Morgan fingerprint density at radius 3 is 2.88 bits per heavy atom. The summed E-state index contributed by atoms with van der Waals surface area (Å²) in [7, 11) is 1.73. The third kappa shape index (κ3) is 4.57. The van der Waals surface area contributed by atoms with E-state index in [0.717, 1.165) is 0 Å². The highest BCUT2D eigenvalue weighted by atomic mass is 35.5. The number of aromatic nitrogens is 2. The van der Waals surface area contributed by atoms with Crippen LogP contribution in [0.4, 0.5) is 11.8 Å². The molecule has 1 rings (SSSR count). The summed E-state index contributed by atoms with van der Waals surface area (Å²) in [5, 5.41) is 16.3. The van der Waals surface area contributed by atoms with E-state index in [4.69, 9.17) is 11.6 Å². The number of halogens is 1. The van der Waals surface area contributed by atoms with Crippen LogP contribution in [0.3, 0.4) is 0 Å². The lowest BCUT2D eigenvalue weighted by molar-refractivity contribution is 0.0996. The summed E-state index contributed by atoms with van der Waals surface area (Å²) in [6.45, 7) is 2.15. The highest BCUT2D eigenvalue weighted by molar-refractivity contribution is 7.98. The lowest BCUT2D eigenvalue weighted by Gasteiger charge is -2.23. The zero-order valence-electron chi connectivity index (χ0n) is 10.1. The SMILES string of the molecule is CNc1ncc(Cl)c(NCC(C)(O)CSC)n1. The van der Waals surface area contributed by atoms with E-state index in [1.807, 2.05) is 6.26 Å². The number of anilines is 2. The zero-order valence-corrected chi connectivity index (χ0v) is 11.7. The van der Waals surface area contributed by atoms with E-state index in [-0.39, 0.29) is 0 Å². The van der Waals surface area contributed by atoms with Gasteiger partial charge in [0.15, 0.2) is 5.82 Å². The summed E-state index contributed by atoms with van der Waals surface area (Å²) in [6.07, 6.45) is 3.47. The monoisotopic (exact) mass is 276 g/mol. The molecule has 0 aromatic carbocycles. The van der Waals surface area contributed by atoms with Crippen molar-refractivity contribution in [3.63, 3.8) is 0 Å². The molecule has 0 radical (unpaired) electrons. The molecular weight excluding hydrogens is 260 g/mol. The van der Waals surface area contributed by atoms with Crippen molar-refractivity contribution in [1.29, 1.82) is 0 Å². The maximum Gasteiger partial charge on any atom is 0.224 e. The van der Waals surface area contributed by atoms with Crippen LogP contribution in [0.5, 0.6) is 0 Å². The van der Waals surface area contributed by atoms with E-state index in [1.165, 1.54) is 6.20 Å². The average molecular weight is 277 g/mol. The van der Waals surface area contributed by atoms with Crippen LogP contribution in [0.25, 0.3) is 0 Å². The first-order valence-electron chi connectivity index (χ1n) is 5.14. The topological polar surface area (TPSA) is 70.1 Å². The summed E-state index contributed by atoms with van der Waals surface area (Å²) in [6, 6.07) is 0. The second kappa shape index (κ2) is 6.28. The van der Waals surface area contributed by atoms with Gasteiger partial charge in [-0.3, -0.25) is 0 Å². The predicted molar refractivity (Wildman–Crippen MR) is 74.1 cm³/mol. The fraction of sp³-hybridized carbons (Fsp3) is 0.600. The Labute approximate surface area is 110 Å². The van der Waals surface area contributed by atoms with E-state index >= 15 is 0 Å². The Kier molecular flexibility index (Phi) is 5.30. The van der Waals surface area contributed by atoms with Gasteiger partial charge in [0.1, 0.15) is 5.02 Å². The third-order valence-electron chi connectivity index (χ3n) is 2.06. The van der Waals surface area contributed by atoms with Crippen molar-refractivity contribution >= 4 is 35.1 Å². The van der Waals surface area contributed by atoms with Crippen molar-refractivity contribution in [1.82, 2.24) is 9.97 Å². The number of aliphatic hydroxyl groups is 1. The molecule has 0 saturated heterocycles. The highest BCUT2D eigenvalue weighted by Gasteiger charge is 2.20. The smallest absolute Gasteiger partial charge is 0.224 e. The van der Waals surface area contributed by atoms with Crippen LogP contribution in [0, 0.1) is 0 Å². The van der Waals surface area contributed by atoms with Crippen LogP contribution in [0.15, 0.2) is 6.20 Å². The van der Waals surface area contributed by atoms with Gasteiger partial charge in [0.25, 0.3) is 0 Å². The second-order valence-corrected chi connectivity index (χ2v) is 5.20. The van der Waals surface area contributed by atoms with E-state index < -0.39 is 5.60 Å². The van der Waals surface area contributed by atoms with Crippen LogP contribution in [-0.4, -0.2) is 46.3 Å². The van der Waals surface area contributed by atoms with Gasteiger partial charge in [-0.15, -0.1) is 0 Å². The van der Waals surface area contributed by atoms with E-state index in [9.17, 15) is 5.11 Å². The summed E-state index contributed by atoms with van der Waals surface area (Å²) in [4.78, 5) is 8.15. The molecule has 0 amide bonds. The molecule has 0 bridgehead atoms. The molecule has 1 atom stereocenters. The third-order valence-corrected chi connectivity index (χ3v) is 3.25. The van der Waals surface area contributed by atoms with Crippen molar-refractivity contribution in [2.75, 3.05) is 36.2 Å². The van der Waals surface area contributed by atoms with Crippen LogP contribution >= 0.6 is 23.4 Å². The van der Waals surface area contributed by atoms with Crippen LogP contribution in [0.2, 0.25) is 5.02 Å². The highest BCUT2D eigenvalue weighted by Crippen LogP contribution is 2.20. The normalized spacial score (nSPS) is 14.2. The van der Waals surface area contributed by atoms with Gasteiger partial charge in [0, 0.05) is 19.3 Å². The van der Waals surface area contributed by atoms with Crippen molar-refractivity contribution in [2.45, 2.75) is 12.5 Å². The zero-order chi connectivity index (χ0) is 12.9. The molecule has 0 fully saturated rings. The molecule has 7 heteroatoms. The van der Waals surface area contributed by atoms with Crippen molar-refractivity contribution in [2.24, 2.45) is 0 Å². The van der Waals surface area contributed by atoms with Crippen molar-refractivity contribution in [3.8, 4) is 0 Å². The first kappa shape index (κ1) is 14.3. The van der Waals surface area contributed by atoms with E-state index in [0.29, 0.717) is 29.1 Å². The van der Waals surface area contributed by atoms with Gasteiger partial charge in [-0.25, -0.2) is 4.98 Å². The molecule has 0 aliphatic heterocycles. The molecule has 17 heavy (non-hydrogen) atoms. The molecule has 0 saturated carbocycles. The summed E-state index contributed by atoms with van der Waals surface area (Å²) >= 11 is 7.54. The van der Waals surface area contributed by atoms with Gasteiger partial charge >= 0.3 is 0 Å². The molecule has 3 N–H and O–H groups in total. The molecule has 1 aromatic rings. The van der Waals surface area contributed by atoms with Gasteiger partial charge in [0.2, 0.25) is 5.95 Å². The number of hydrogen-bond donors (Lipinski definition) is 3. The summed E-state index contributed by atoms with van der Waals surface area (Å²) in [5.74, 6) is 1.65. The minimum Gasteiger partial charge on any atom is -0.387 e. The Balaban J connectivity index is 2.68. The number of thioether (sulfide) groups is 1. The molecule has 1 unspecified atom stereocenters. The number of nitrogens with one attached hydrogen (secondary N) is 2. The van der Waals surface area contributed by atoms with Crippen LogP contribution < -0.4 is 10.6 Å². The fourth-order valence-electron chi connectivity index (χ4n) is 1.25.